The van der Waals surface area contributed by atoms with Gasteiger partial charge in [0.25, 0.3) is 0 Å². The van der Waals surface area contributed by atoms with Crippen LogP contribution in [0.15, 0.2) is 0 Å². The molecule has 1 saturated heterocycles. The van der Waals surface area contributed by atoms with Gasteiger partial charge < -0.3 is 14.7 Å². The first-order chi connectivity index (χ1) is 8.88. The molecule has 8 heteroatoms. The zero-order valence-electron chi connectivity index (χ0n) is 11.2. The largest absolute Gasteiger partial charge is 0.480 e. The summed E-state index contributed by atoms with van der Waals surface area (Å²) in [6, 6.07) is -1.32. The van der Waals surface area contributed by atoms with Gasteiger partial charge in [-0.15, -0.1) is 11.8 Å². The minimum Gasteiger partial charge on any atom is -0.480 e. The second-order valence-corrected chi connectivity index (χ2v) is 5.49. The maximum Gasteiger partial charge on any atom is 0.327 e. The van der Waals surface area contributed by atoms with Crippen LogP contribution in [0, 0.1) is 0 Å². The van der Waals surface area contributed by atoms with Gasteiger partial charge >= 0.3 is 18.0 Å². The van der Waals surface area contributed by atoms with E-state index < -0.39 is 24.0 Å². The second-order valence-electron chi connectivity index (χ2n) is 4.14. The van der Waals surface area contributed by atoms with Crippen molar-refractivity contribution in [3.63, 3.8) is 0 Å². The summed E-state index contributed by atoms with van der Waals surface area (Å²) < 4.78 is 4.75. The molecular weight excluding hydrogens is 272 g/mol. The standard InChI is InChI=1S/C11H18N2O5S/c1-4-18-9(14)5-12(3)11(17)13-7(2)19-6-8(13)10(15)16/h7-8H,4-6H2,1-3H3,(H,15,16). The molecule has 0 aromatic rings. The average Bonchev–Trinajstić information content (AvgIpc) is 2.70. The number of amides is 2. The molecule has 0 bridgehead atoms. The van der Waals surface area contributed by atoms with E-state index in [-0.39, 0.29) is 18.5 Å². The zero-order chi connectivity index (χ0) is 14.6. The monoisotopic (exact) mass is 290 g/mol. The zero-order valence-corrected chi connectivity index (χ0v) is 12.0. The molecule has 0 saturated carbocycles. The third-order valence-electron chi connectivity index (χ3n) is 2.73. The van der Waals surface area contributed by atoms with Crippen LogP contribution in [0.4, 0.5) is 4.79 Å². The number of hydrogen-bond acceptors (Lipinski definition) is 5. The van der Waals surface area contributed by atoms with E-state index in [4.69, 9.17) is 9.84 Å². The molecule has 1 aliphatic rings. The minimum absolute atomic E-state index is 0.188. The first kappa shape index (κ1) is 15.6. The van der Waals surface area contributed by atoms with Gasteiger partial charge in [0.05, 0.1) is 12.0 Å². The summed E-state index contributed by atoms with van der Waals surface area (Å²) in [7, 11) is 1.45. The smallest absolute Gasteiger partial charge is 0.327 e. The van der Waals surface area contributed by atoms with Gasteiger partial charge in [-0.2, -0.15) is 0 Å². The minimum atomic E-state index is -1.03. The Bertz CT molecular complexity index is 376. The lowest BCUT2D eigenvalue weighted by Crippen LogP contribution is -2.51. The third kappa shape index (κ3) is 3.76. The number of carbonyl (C=O) groups excluding carboxylic acids is 2. The van der Waals surface area contributed by atoms with Gasteiger partial charge in [-0.25, -0.2) is 9.59 Å². The summed E-state index contributed by atoms with van der Waals surface area (Å²) in [6.07, 6.45) is 0. The van der Waals surface area contributed by atoms with Gasteiger partial charge in [-0.1, -0.05) is 0 Å². The Labute approximate surface area is 115 Å². The lowest BCUT2D eigenvalue weighted by molar-refractivity contribution is -0.143. The molecule has 0 radical (unpaired) electrons. The van der Waals surface area contributed by atoms with Gasteiger partial charge in [0.1, 0.15) is 12.6 Å². The molecule has 1 N–H and O–H groups in total. The molecule has 2 atom stereocenters. The highest BCUT2D eigenvalue weighted by Gasteiger charge is 2.40. The highest BCUT2D eigenvalue weighted by molar-refractivity contribution is 8.00. The molecule has 1 fully saturated rings. The first-order valence-electron chi connectivity index (χ1n) is 5.92. The van der Waals surface area contributed by atoms with E-state index in [0.29, 0.717) is 5.75 Å². The number of thioether (sulfide) groups is 1. The lowest BCUT2D eigenvalue weighted by Gasteiger charge is -2.29. The van der Waals surface area contributed by atoms with E-state index in [9.17, 15) is 14.4 Å². The fourth-order valence-electron chi connectivity index (χ4n) is 1.79. The van der Waals surface area contributed by atoms with Crippen molar-refractivity contribution in [1.82, 2.24) is 9.80 Å². The summed E-state index contributed by atoms with van der Waals surface area (Å²) in [4.78, 5) is 37.0. The van der Waals surface area contributed by atoms with Gasteiger partial charge in [0.15, 0.2) is 0 Å². The van der Waals surface area contributed by atoms with Crippen LogP contribution < -0.4 is 0 Å². The number of carbonyl (C=O) groups is 3. The molecule has 0 aliphatic carbocycles. The van der Waals surface area contributed by atoms with Crippen molar-refractivity contribution in [2.24, 2.45) is 0 Å². The number of carboxylic acid groups (broad SMARTS) is 1. The molecule has 2 unspecified atom stereocenters. The van der Waals surface area contributed by atoms with Crippen LogP contribution in [0.5, 0.6) is 0 Å². The van der Waals surface area contributed by atoms with Crippen molar-refractivity contribution in [1.29, 1.82) is 0 Å². The predicted octanol–water partition coefficient (Wildman–Crippen LogP) is 0.449. The molecule has 0 aromatic heterocycles. The van der Waals surface area contributed by atoms with E-state index in [1.807, 2.05) is 0 Å². The number of rotatable bonds is 4. The van der Waals surface area contributed by atoms with Crippen LogP contribution in [0.3, 0.4) is 0 Å². The Morgan fingerprint density at radius 2 is 2.11 bits per heavy atom. The molecule has 2 amide bonds. The Balaban J connectivity index is 2.69. The van der Waals surface area contributed by atoms with Crippen molar-refractivity contribution in [2.75, 3.05) is 26.0 Å². The quantitative estimate of drug-likeness (QED) is 0.756. The number of carboxylic acids is 1. The molecule has 19 heavy (non-hydrogen) atoms. The van der Waals surface area contributed by atoms with E-state index >= 15 is 0 Å². The van der Waals surface area contributed by atoms with Gasteiger partial charge in [0, 0.05) is 12.8 Å². The SMILES string of the molecule is CCOC(=O)CN(C)C(=O)N1C(C)SCC1C(=O)O. The molecule has 7 nitrogen and oxygen atoms in total. The van der Waals surface area contributed by atoms with Crippen molar-refractivity contribution >= 4 is 29.7 Å². The molecule has 0 aromatic carbocycles. The fraction of sp³-hybridized carbons (Fsp3) is 0.727. The number of hydrogen-bond donors (Lipinski definition) is 1. The normalized spacial score (nSPS) is 22.2. The van der Waals surface area contributed by atoms with Crippen LogP contribution in [0.25, 0.3) is 0 Å². The highest BCUT2D eigenvalue weighted by Crippen LogP contribution is 2.29. The Morgan fingerprint density at radius 1 is 1.47 bits per heavy atom. The Morgan fingerprint density at radius 3 is 2.63 bits per heavy atom. The summed E-state index contributed by atoms with van der Waals surface area (Å²) in [6.45, 7) is 3.50. The summed E-state index contributed by atoms with van der Waals surface area (Å²) in [5, 5.41) is 8.86. The van der Waals surface area contributed by atoms with Crippen molar-refractivity contribution in [3.05, 3.63) is 0 Å². The number of esters is 1. The van der Waals surface area contributed by atoms with E-state index in [1.165, 1.54) is 28.6 Å². The van der Waals surface area contributed by atoms with Crippen LogP contribution in [-0.4, -0.2) is 70.2 Å². The summed E-state index contributed by atoms with van der Waals surface area (Å²) in [5.41, 5.74) is 0. The molecule has 108 valence electrons. The van der Waals surface area contributed by atoms with Crippen molar-refractivity contribution < 1.29 is 24.2 Å². The fourth-order valence-corrected chi connectivity index (χ4v) is 2.95. The summed E-state index contributed by atoms with van der Waals surface area (Å²) in [5.74, 6) is -1.19. The first-order valence-corrected chi connectivity index (χ1v) is 6.96. The second kappa shape index (κ2) is 6.65. The molecule has 0 spiro atoms. The number of aliphatic carboxylic acids is 1. The lowest BCUT2D eigenvalue weighted by atomic mass is 10.3. The molecule has 1 rings (SSSR count). The maximum atomic E-state index is 12.2. The third-order valence-corrected chi connectivity index (χ3v) is 3.94. The Kier molecular flexibility index (Phi) is 5.46. The van der Waals surface area contributed by atoms with Gasteiger partial charge in [-0.3, -0.25) is 9.69 Å². The Hall–Kier alpha value is -1.44. The van der Waals surface area contributed by atoms with Crippen LogP contribution >= 0.6 is 11.8 Å². The number of urea groups is 1. The van der Waals surface area contributed by atoms with E-state index in [1.54, 1.807) is 13.8 Å². The number of ether oxygens (including phenoxy) is 1. The maximum absolute atomic E-state index is 12.2. The van der Waals surface area contributed by atoms with Gasteiger partial charge in [-0.05, 0) is 13.8 Å². The molecular formula is C11H18N2O5S. The van der Waals surface area contributed by atoms with Crippen LogP contribution in [0.1, 0.15) is 13.8 Å². The predicted molar refractivity (Wildman–Crippen MR) is 69.8 cm³/mol. The topological polar surface area (TPSA) is 87.2 Å². The van der Waals surface area contributed by atoms with Crippen molar-refractivity contribution in [2.45, 2.75) is 25.3 Å². The average molecular weight is 290 g/mol. The van der Waals surface area contributed by atoms with Crippen molar-refractivity contribution in [3.8, 4) is 0 Å². The highest BCUT2D eigenvalue weighted by atomic mass is 32.2. The number of likely N-dealkylation sites (N-methyl/N-ethyl adjacent to an activating group) is 1. The van der Waals surface area contributed by atoms with E-state index in [0.717, 1.165) is 0 Å². The van der Waals surface area contributed by atoms with Crippen LogP contribution in [0.2, 0.25) is 0 Å². The van der Waals surface area contributed by atoms with Gasteiger partial charge in [0.2, 0.25) is 0 Å². The molecule has 1 heterocycles. The van der Waals surface area contributed by atoms with Crippen LogP contribution in [-0.2, 0) is 14.3 Å². The van der Waals surface area contributed by atoms with E-state index in [2.05, 4.69) is 0 Å². The summed E-state index contributed by atoms with van der Waals surface area (Å²) >= 11 is 1.40. The number of nitrogens with zero attached hydrogens (tertiary/aromatic N) is 2. The molecule has 1 aliphatic heterocycles.